The molecule has 3 N–H and O–H groups in total. The van der Waals surface area contributed by atoms with Crippen LogP contribution in [0.3, 0.4) is 0 Å². The zero-order chi connectivity index (χ0) is 15.1. The van der Waals surface area contributed by atoms with E-state index in [0.29, 0.717) is 0 Å². The second kappa shape index (κ2) is 8.34. The first-order valence-corrected chi connectivity index (χ1v) is 8.01. The Bertz CT molecular complexity index is 350. The molecule has 1 amide bonds. The maximum atomic E-state index is 11.9. The van der Waals surface area contributed by atoms with Crippen LogP contribution in [0.5, 0.6) is 0 Å². The maximum absolute atomic E-state index is 11.9. The molecular formula is C15H26N2O4. The average molecular weight is 298 g/mol. The van der Waals surface area contributed by atoms with Gasteiger partial charge in [-0.2, -0.15) is 0 Å². The fourth-order valence-electron chi connectivity index (χ4n) is 3.22. The topological polar surface area (TPSA) is 87.7 Å². The van der Waals surface area contributed by atoms with Gasteiger partial charge in [0.25, 0.3) is 0 Å². The van der Waals surface area contributed by atoms with Crippen molar-refractivity contribution in [3.05, 3.63) is 0 Å². The number of carboxylic acids is 1. The van der Waals surface area contributed by atoms with Gasteiger partial charge in [0.2, 0.25) is 5.91 Å². The lowest BCUT2D eigenvalue weighted by Gasteiger charge is -2.28. The Kier molecular flexibility index (Phi) is 6.45. The molecule has 1 aliphatic heterocycles. The van der Waals surface area contributed by atoms with Gasteiger partial charge in [0.05, 0.1) is 6.10 Å². The molecule has 2 fully saturated rings. The van der Waals surface area contributed by atoms with E-state index in [4.69, 9.17) is 4.74 Å². The number of carbonyl (C=O) groups excluding carboxylic acids is 1. The monoisotopic (exact) mass is 298 g/mol. The molecule has 0 bridgehead atoms. The van der Waals surface area contributed by atoms with Crippen LogP contribution in [-0.2, 0) is 14.3 Å². The Hall–Kier alpha value is -1.14. The first-order valence-electron chi connectivity index (χ1n) is 8.01. The molecule has 1 atom stereocenters. The van der Waals surface area contributed by atoms with Crippen LogP contribution in [0.1, 0.15) is 44.9 Å². The van der Waals surface area contributed by atoms with Gasteiger partial charge in [-0.25, -0.2) is 4.79 Å². The fourth-order valence-corrected chi connectivity index (χ4v) is 3.22. The van der Waals surface area contributed by atoms with Gasteiger partial charge in [0.1, 0.15) is 12.6 Å². The van der Waals surface area contributed by atoms with Gasteiger partial charge in [0.15, 0.2) is 0 Å². The summed E-state index contributed by atoms with van der Waals surface area (Å²) in [5.41, 5.74) is 0. The van der Waals surface area contributed by atoms with E-state index >= 15 is 0 Å². The lowest BCUT2D eigenvalue weighted by Crippen LogP contribution is -2.48. The van der Waals surface area contributed by atoms with Crippen molar-refractivity contribution in [1.82, 2.24) is 10.6 Å². The average Bonchev–Trinajstić information content (AvgIpc) is 2.52. The standard InChI is InChI=1S/C15H26N2O4/c18-13(10-21-12-6-8-16-9-7-12)17-14(15(19)20)11-4-2-1-3-5-11/h11-12,14,16H,1-10H2,(H,17,18)(H,19,20). The minimum absolute atomic E-state index is 0.0405. The number of piperidine rings is 1. The summed E-state index contributed by atoms with van der Waals surface area (Å²) in [6, 6.07) is -0.769. The summed E-state index contributed by atoms with van der Waals surface area (Å²) < 4.78 is 5.57. The molecule has 1 saturated carbocycles. The number of ether oxygens (including phenoxy) is 1. The number of rotatable bonds is 6. The van der Waals surface area contributed by atoms with Crippen LogP contribution in [0.2, 0.25) is 0 Å². The molecule has 1 aliphatic carbocycles. The van der Waals surface area contributed by atoms with Crippen molar-refractivity contribution in [2.45, 2.75) is 57.1 Å². The van der Waals surface area contributed by atoms with Gasteiger partial charge in [-0.15, -0.1) is 0 Å². The third kappa shape index (κ3) is 5.28. The van der Waals surface area contributed by atoms with Crippen molar-refractivity contribution in [3.63, 3.8) is 0 Å². The quantitative estimate of drug-likeness (QED) is 0.678. The van der Waals surface area contributed by atoms with E-state index in [2.05, 4.69) is 10.6 Å². The van der Waals surface area contributed by atoms with Gasteiger partial charge in [-0.1, -0.05) is 19.3 Å². The molecule has 0 spiro atoms. The molecule has 6 heteroatoms. The van der Waals surface area contributed by atoms with Crippen molar-refractivity contribution >= 4 is 11.9 Å². The Morgan fingerprint density at radius 2 is 1.81 bits per heavy atom. The van der Waals surface area contributed by atoms with Crippen LogP contribution < -0.4 is 10.6 Å². The molecule has 120 valence electrons. The molecule has 1 saturated heterocycles. The van der Waals surface area contributed by atoms with Gasteiger partial charge in [0, 0.05) is 0 Å². The molecule has 0 aromatic rings. The largest absolute Gasteiger partial charge is 0.480 e. The molecule has 1 unspecified atom stereocenters. The summed E-state index contributed by atoms with van der Waals surface area (Å²) in [4.78, 5) is 23.3. The Morgan fingerprint density at radius 1 is 1.14 bits per heavy atom. The summed E-state index contributed by atoms with van der Waals surface area (Å²) >= 11 is 0. The van der Waals surface area contributed by atoms with Crippen molar-refractivity contribution in [2.75, 3.05) is 19.7 Å². The van der Waals surface area contributed by atoms with Crippen LogP contribution in [0.4, 0.5) is 0 Å². The maximum Gasteiger partial charge on any atom is 0.326 e. The molecule has 0 aromatic carbocycles. The van der Waals surface area contributed by atoms with Crippen molar-refractivity contribution in [1.29, 1.82) is 0 Å². The number of aliphatic carboxylic acids is 1. The molecule has 21 heavy (non-hydrogen) atoms. The van der Waals surface area contributed by atoms with Crippen molar-refractivity contribution < 1.29 is 19.4 Å². The number of amides is 1. The van der Waals surface area contributed by atoms with Crippen LogP contribution in [-0.4, -0.2) is 48.8 Å². The second-order valence-electron chi connectivity index (χ2n) is 6.04. The highest BCUT2D eigenvalue weighted by Crippen LogP contribution is 2.26. The van der Waals surface area contributed by atoms with Gasteiger partial charge in [-0.3, -0.25) is 4.79 Å². The Labute approximate surface area is 125 Å². The van der Waals surface area contributed by atoms with Crippen LogP contribution >= 0.6 is 0 Å². The third-order valence-corrected chi connectivity index (χ3v) is 4.44. The minimum atomic E-state index is -0.933. The molecule has 6 nitrogen and oxygen atoms in total. The van der Waals surface area contributed by atoms with Crippen LogP contribution in [0.15, 0.2) is 0 Å². The van der Waals surface area contributed by atoms with Gasteiger partial charge >= 0.3 is 5.97 Å². The summed E-state index contributed by atoms with van der Waals surface area (Å²) in [6.45, 7) is 1.78. The molecular weight excluding hydrogens is 272 g/mol. The first kappa shape index (κ1) is 16.2. The predicted octanol–water partition coefficient (Wildman–Crippen LogP) is 0.905. The number of carbonyl (C=O) groups is 2. The van der Waals surface area contributed by atoms with E-state index in [1.165, 1.54) is 0 Å². The zero-order valence-electron chi connectivity index (χ0n) is 12.5. The molecule has 0 aromatic heterocycles. The Balaban J connectivity index is 1.76. The van der Waals surface area contributed by atoms with Crippen molar-refractivity contribution in [2.24, 2.45) is 5.92 Å². The minimum Gasteiger partial charge on any atom is -0.480 e. The van der Waals surface area contributed by atoms with Gasteiger partial charge < -0.3 is 20.5 Å². The first-order chi connectivity index (χ1) is 10.2. The van der Waals surface area contributed by atoms with Crippen LogP contribution in [0.25, 0.3) is 0 Å². The number of hydrogen-bond donors (Lipinski definition) is 3. The number of carboxylic acid groups (broad SMARTS) is 1. The van der Waals surface area contributed by atoms with Crippen LogP contribution in [0, 0.1) is 5.92 Å². The highest BCUT2D eigenvalue weighted by Gasteiger charge is 2.30. The smallest absolute Gasteiger partial charge is 0.326 e. The summed E-state index contributed by atoms with van der Waals surface area (Å²) in [5.74, 6) is -1.19. The summed E-state index contributed by atoms with van der Waals surface area (Å²) in [6.07, 6.45) is 6.94. The van der Waals surface area contributed by atoms with E-state index in [1.54, 1.807) is 0 Å². The highest BCUT2D eigenvalue weighted by molar-refractivity contribution is 5.84. The normalized spacial score (nSPS) is 22.7. The molecule has 2 aliphatic rings. The lowest BCUT2D eigenvalue weighted by molar-refractivity contribution is -0.145. The second-order valence-corrected chi connectivity index (χ2v) is 6.04. The van der Waals surface area contributed by atoms with E-state index in [0.717, 1.165) is 58.0 Å². The van der Waals surface area contributed by atoms with E-state index < -0.39 is 12.0 Å². The lowest BCUT2D eigenvalue weighted by atomic mass is 9.84. The Morgan fingerprint density at radius 3 is 2.43 bits per heavy atom. The zero-order valence-corrected chi connectivity index (χ0v) is 12.5. The third-order valence-electron chi connectivity index (χ3n) is 4.44. The molecule has 1 heterocycles. The summed E-state index contributed by atoms with van der Waals surface area (Å²) in [5, 5.41) is 15.2. The van der Waals surface area contributed by atoms with E-state index in [9.17, 15) is 14.7 Å². The molecule has 0 radical (unpaired) electrons. The van der Waals surface area contributed by atoms with E-state index in [1.807, 2.05) is 0 Å². The highest BCUT2D eigenvalue weighted by atomic mass is 16.5. The number of hydrogen-bond acceptors (Lipinski definition) is 4. The summed E-state index contributed by atoms with van der Waals surface area (Å²) in [7, 11) is 0. The van der Waals surface area contributed by atoms with Gasteiger partial charge in [-0.05, 0) is 44.7 Å². The SMILES string of the molecule is O=C(COC1CCNCC1)NC(C(=O)O)C1CCCCC1. The fraction of sp³-hybridized carbons (Fsp3) is 0.867. The molecule has 2 rings (SSSR count). The van der Waals surface area contributed by atoms with E-state index in [-0.39, 0.29) is 24.5 Å². The van der Waals surface area contributed by atoms with Crippen molar-refractivity contribution in [3.8, 4) is 0 Å². The number of nitrogens with one attached hydrogen (secondary N) is 2. The predicted molar refractivity (Wildman–Crippen MR) is 78.0 cm³/mol.